The van der Waals surface area contributed by atoms with E-state index in [2.05, 4.69) is 16.1 Å². The predicted molar refractivity (Wildman–Crippen MR) is 103 cm³/mol. The minimum absolute atomic E-state index is 0.0259. The van der Waals surface area contributed by atoms with Gasteiger partial charge in [-0.25, -0.2) is 14.4 Å². The van der Waals surface area contributed by atoms with Crippen LogP contribution in [0, 0.1) is 0 Å². The summed E-state index contributed by atoms with van der Waals surface area (Å²) >= 11 is 0. The summed E-state index contributed by atoms with van der Waals surface area (Å²) in [6, 6.07) is 0. The summed E-state index contributed by atoms with van der Waals surface area (Å²) in [6.45, 7) is 4.20. The number of hydrogen-bond acceptors (Lipinski definition) is 6. The molecule has 0 unspecified atom stereocenters. The van der Waals surface area contributed by atoms with E-state index in [0.29, 0.717) is 32.1 Å². The lowest BCUT2D eigenvalue weighted by molar-refractivity contribution is -0.302. The van der Waals surface area contributed by atoms with Gasteiger partial charge < -0.3 is 14.2 Å². The van der Waals surface area contributed by atoms with E-state index in [1.807, 2.05) is 0 Å². The van der Waals surface area contributed by atoms with Crippen LogP contribution in [0.4, 0.5) is 26.3 Å². The van der Waals surface area contributed by atoms with Gasteiger partial charge in [-0.3, -0.25) is 0 Å². The number of alkyl halides is 6. The number of carbonyl (C=O) groups is 3. The Balaban J connectivity index is 2.50. The van der Waals surface area contributed by atoms with Gasteiger partial charge in [-0.2, -0.15) is 26.3 Å². The van der Waals surface area contributed by atoms with Crippen LogP contribution in [0.3, 0.4) is 0 Å². The molecule has 0 N–H and O–H groups in total. The summed E-state index contributed by atoms with van der Waals surface area (Å²) < 4.78 is 96.6. The fraction of sp³-hybridized carbons (Fsp3) is 0.762. The molecule has 1 aliphatic carbocycles. The van der Waals surface area contributed by atoms with Crippen molar-refractivity contribution in [3.63, 3.8) is 0 Å². The molecule has 0 bridgehead atoms. The Kier molecular flexibility index (Phi) is 10.7. The third kappa shape index (κ3) is 7.63. The summed E-state index contributed by atoms with van der Waals surface area (Å²) in [5.74, 6) is -24.5. The lowest BCUT2D eigenvalue weighted by Crippen LogP contribution is -2.62. The van der Waals surface area contributed by atoms with Crippen molar-refractivity contribution in [3.05, 3.63) is 12.2 Å². The zero-order valence-corrected chi connectivity index (χ0v) is 18.3. The van der Waals surface area contributed by atoms with E-state index in [1.54, 1.807) is 0 Å². The predicted octanol–water partition coefficient (Wildman–Crippen LogP) is 4.99. The highest BCUT2D eigenvalue weighted by Gasteiger charge is 2.79. The normalized spacial score (nSPS) is 15.6. The Bertz CT molecular complexity index is 703. The zero-order valence-electron chi connectivity index (χ0n) is 18.3. The molecule has 0 aromatic rings. The van der Waals surface area contributed by atoms with Crippen LogP contribution in [0.5, 0.6) is 0 Å². The van der Waals surface area contributed by atoms with E-state index >= 15 is 0 Å². The van der Waals surface area contributed by atoms with Crippen molar-refractivity contribution < 1.29 is 54.9 Å². The molecule has 0 aliphatic heterocycles. The monoisotopic (exact) mass is 490 g/mol. The van der Waals surface area contributed by atoms with Crippen molar-refractivity contribution in [2.24, 2.45) is 0 Å². The van der Waals surface area contributed by atoms with E-state index in [4.69, 9.17) is 4.74 Å². The molecule has 1 fully saturated rings. The number of halogens is 6. The lowest BCUT2D eigenvalue weighted by atomic mass is 9.97. The molecule has 1 saturated carbocycles. The highest BCUT2D eigenvalue weighted by molar-refractivity contribution is 5.87. The van der Waals surface area contributed by atoms with Gasteiger partial charge in [-0.05, 0) is 58.3 Å². The first-order valence-electron chi connectivity index (χ1n) is 10.6. The summed E-state index contributed by atoms with van der Waals surface area (Å²) in [7, 11) is 0. The Morgan fingerprint density at radius 1 is 0.788 bits per heavy atom. The largest absolute Gasteiger partial charge is 0.462 e. The van der Waals surface area contributed by atoms with Gasteiger partial charge in [0.15, 0.2) is 0 Å². The average Bonchev–Trinajstić information content (AvgIpc) is 2.75. The molecule has 0 atom stereocenters. The molecule has 0 amide bonds. The SMILES string of the molecule is C=C(C)C(=O)OCCCCCCOC(=O)C(F)(F)C(F)(F)C(F)(F)C(=O)OC1CCCCC1. The highest BCUT2D eigenvalue weighted by atomic mass is 19.3. The second kappa shape index (κ2) is 12.3. The summed E-state index contributed by atoms with van der Waals surface area (Å²) in [6.07, 6.45) is 2.11. The second-order valence-corrected chi connectivity index (χ2v) is 7.85. The number of ether oxygens (including phenoxy) is 3. The van der Waals surface area contributed by atoms with Gasteiger partial charge in [-0.1, -0.05) is 13.0 Å². The van der Waals surface area contributed by atoms with Crippen LogP contribution < -0.4 is 0 Å². The first-order chi connectivity index (χ1) is 15.2. The molecular weight excluding hydrogens is 462 g/mol. The van der Waals surface area contributed by atoms with Crippen molar-refractivity contribution in [1.82, 2.24) is 0 Å². The molecule has 6 nitrogen and oxygen atoms in total. The van der Waals surface area contributed by atoms with Crippen molar-refractivity contribution >= 4 is 17.9 Å². The molecule has 1 aliphatic rings. The van der Waals surface area contributed by atoms with Gasteiger partial charge in [0, 0.05) is 5.57 Å². The minimum atomic E-state index is -6.35. The van der Waals surface area contributed by atoms with Crippen LogP contribution in [0.25, 0.3) is 0 Å². The Morgan fingerprint density at radius 2 is 1.27 bits per heavy atom. The third-order valence-electron chi connectivity index (χ3n) is 4.98. The Morgan fingerprint density at radius 3 is 1.79 bits per heavy atom. The molecule has 0 aromatic heterocycles. The van der Waals surface area contributed by atoms with Crippen LogP contribution in [0.2, 0.25) is 0 Å². The van der Waals surface area contributed by atoms with Crippen LogP contribution in [0.1, 0.15) is 64.7 Å². The molecule has 190 valence electrons. The number of rotatable bonds is 13. The van der Waals surface area contributed by atoms with E-state index in [-0.39, 0.29) is 31.4 Å². The number of esters is 3. The fourth-order valence-corrected chi connectivity index (χ4v) is 2.96. The van der Waals surface area contributed by atoms with E-state index < -0.39 is 48.4 Å². The van der Waals surface area contributed by atoms with Gasteiger partial charge in [0.25, 0.3) is 0 Å². The standard InChI is InChI=1S/C21H28F6O6/c1-14(2)16(28)31-12-8-3-4-9-13-32-17(29)19(22,23)21(26,27)20(24,25)18(30)33-15-10-6-5-7-11-15/h15H,1,3-13H2,2H3. The van der Waals surface area contributed by atoms with Crippen LogP contribution in [-0.4, -0.2) is 55.0 Å². The van der Waals surface area contributed by atoms with Crippen LogP contribution >= 0.6 is 0 Å². The Hall–Kier alpha value is -2.27. The summed E-state index contributed by atoms with van der Waals surface area (Å²) in [5.41, 5.74) is 0.215. The topological polar surface area (TPSA) is 78.9 Å². The highest BCUT2D eigenvalue weighted by Crippen LogP contribution is 2.47. The van der Waals surface area contributed by atoms with Gasteiger partial charge in [0.1, 0.15) is 6.10 Å². The second-order valence-electron chi connectivity index (χ2n) is 7.85. The molecule has 0 saturated heterocycles. The molecule has 12 heteroatoms. The molecular formula is C21H28F6O6. The average molecular weight is 490 g/mol. The molecule has 0 radical (unpaired) electrons. The van der Waals surface area contributed by atoms with Crippen LogP contribution in [0.15, 0.2) is 12.2 Å². The number of carbonyl (C=O) groups excluding carboxylic acids is 3. The quantitative estimate of drug-likeness (QED) is 0.119. The van der Waals surface area contributed by atoms with Crippen molar-refractivity contribution in [1.29, 1.82) is 0 Å². The van der Waals surface area contributed by atoms with E-state index in [9.17, 15) is 40.7 Å². The first kappa shape index (κ1) is 28.8. The van der Waals surface area contributed by atoms with Gasteiger partial charge in [0.05, 0.1) is 13.2 Å². The smallest absolute Gasteiger partial charge is 0.411 e. The maximum atomic E-state index is 13.9. The lowest BCUT2D eigenvalue weighted by Gasteiger charge is -2.31. The Labute approximate surface area is 187 Å². The minimum Gasteiger partial charge on any atom is -0.462 e. The number of hydrogen-bond donors (Lipinski definition) is 0. The van der Waals surface area contributed by atoms with Gasteiger partial charge >= 0.3 is 35.7 Å². The summed E-state index contributed by atoms with van der Waals surface area (Å²) in [5, 5.41) is 0. The first-order valence-corrected chi connectivity index (χ1v) is 10.6. The maximum Gasteiger partial charge on any atom is 0.411 e. The fourth-order valence-electron chi connectivity index (χ4n) is 2.96. The zero-order chi connectivity index (χ0) is 25.3. The molecule has 33 heavy (non-hydrogen) atoms. The molecule has 0 heterocycles. The van der Waals surface area contributed by atoms with Gasteiger partial charge in [-0.15, -0.1) is 0 Å². The maximum absolute atomic E-state index is 13.9. The molecule has 0 spiro atoms. The molecule has 1 rings (SSSR count). The van der Waals surface area contributed by atoms with Crippen molar-refractivity contribution in [3.8, 4) is 0 Å². The third-order valence-corrected chi connectivity index (χ3v) is 4.98. The molecule has 0 aromatic carbocycles. The van der Waals surface area contributed by atoms with Crippen LogP contribution in [-0.2, 0) is 28.6 Å². The van der Waals surface area contributed by atoms with Gasteiger partial charge in [0.2, 0.25) is 0 Å². The summed E-state index contributed by atoms with van der Waals surface area (Å²) in [4.78, 5) is 34.1. The number of unbranched alkanes of at least 4 members (excludes halogenated alkanes) is 3. The van der Waals surface area contributed by atoms with E-state index in [1.165, 1.54) is 6.92 Å². The van der Waals surface area contributed by atoms with Crippen molar-refractivity contribution in [2.45, 2.75) is 88.6 Å². The van der Waals surface area contributed by atoms with Crippen molar-refractivity contribution in [2.75, 3.05) is 13.2 Å². The van der Waals surface area contributed by atoms with E-state index in [0.717, 1.165) is 6.42 Å².